The molecule has 1 fully saturated rings. The van der Waals surface area contributed by atoms with Gasteiger partial charge in [0.2, 0.25) is 0 Å². The zero-order valence-electron chi connectivity index (χ0n) is 10.7. The molecular formula is C15H17ClN2O. The molecule has 1 aliphatic rings. The Morgan fingerprint density at radius 2 is 2.11 bits per heavy atom. The van der Waals surface area contributed by atoms with E-state index in [4.69, 9.17) is 16.3 Å². The summed E-state index contributed by atoms with van der Waals surface area (Å²) in [7, 11) is 0. The second-order valence-electron chi connectivity index (χ2n) is 4.97. The summed E-state index contributed by atoms with van der Waals surface area (Å²) in [6.07, 6.45) is 4.15. The van der Waals surface area contributed by atoms with Gasteiger partial charge in [-0.1, -0.05) is 11.6 Å². The first-order valence-corrected chi connectivity index (χ1v) is 7.08. The molecule has 1 N–H and O–H groups in total. The van der Waals surface area contributed by atoms with Gasteiger partial charge in [-0.25, -0.2) is 0 Å². The Balaban J connectivity index is 1.76. The highest BCUT2D eigenvalue weighted by Gasteiger charge is 2.14. The number of ether oxygens (including phenoxy) is 1. The standard InChI is InChI=1S/C15H17ClN2O/c16-12-1-2-13-14(9-12)18-8-5-15(13)19-10-11-3-6-17-7-4-11/h1-2,5,8-9,11,17H,3-4,6-7,10H2. The first-order chi connectivity index (χ1) is 9.33. The van der Waals surface area contributed by atoms with Crippen LogP contribution >= 0.6 is 11.6 Å². The van der Waals surface area contributed by atoms with E-state index in [-0.39, 0.29) is 0 Å². The van der Waals surface area contributed by atoms with Crippen molar-refractivity contribution in [2.24, 2.45) is 5.92 Å². The van der Waals surface area contributed by atoms with Crippen LogP contribution in [0.4, 0.5) is 0 Å². The fourth-order valence-corrected chi connectivity index (χ4v) is 2.64. The predicted octanol–water partition coefficient (Wildman–Crippen LogP) is 3.27. The maximum absolute atomic E-state index is 5.99. The molecule has 100 valence electrons. The maximum Gasteiger partial charge on any atom is 0.130 e. The van der Waals surface area contributed by atoms with E-state index in [1.165, 1.54) is 12.8 Å². The van der Waals surface area contributed by atoms with E-state index < -0.39 is 0 Å². The van der Waals surface area contributed by atoms with Crippen molar-refractivity contribution in [1.29, 1.82) is 0 Å². The van der Waals surface area contributed by atoms with E-state index in [0.29, 0.717) is 10.9 Å². The van der Waals surface area contributed by atoms with Crippen molar-refractivity contribution >= 4 is 22.5 Å². The normalized spacial score (nSPS) is 16.7. The number of benzene rings is 1. The van der Waals surface area contributed by atoms with Gasteiger partial charge in [-0.05, 0) is 56.1 Å². The molecule has 0 unspecified atom stereocenters. The quantitative estimate of drug-likeness (QED) is 0.934. The smallest absolute Gasteiger partial charge is 0.130 e. The number of nitrogens with one attached hydrogen (secondary N) is 1. The van der Waals surface area contributed by atoms with Gasteiger partial charge in [0.25, 0.3) is 0 Å². The molecule has 3 rings (SSSR count). The molecule has 2 aromatic rings. The van der Waals surface area contributed by atoms with Gasteiger partial charge < -0.3 is 10.1 Å². The number of hydrogen-bond donors (Lipinski definition) is 1. The van der Waals surface area contributed by atoms with E-state index in [0.717, 1.165) is 36.3 Å². The Morgan fingerprint density at radius 1 is 1.26 bits per heavy atom. The summed E-state index contributed by atoms with van der Waals surface area (Å²) in [4.78, 5) is 4.32. The van der Waals surface area contributed by atoms with Crippen LogP contribution in [0, 0.1) is 5.92 Å². The molecule has 1 aliphatic heterocycles. The van der Waals surface area contributed by atoms with Crippen molar-refractivity contribution < 1.29 is 4.74 Å². The molecule has 19 heavy (non-hydrogen) atoms. The third-order valence-electron chi connectivity index (χ3n) is 3.60. The van der Waals surface area contributed by atoms with Crippen molar-refractivity contribution in [2.45, 2.75) is 12.8 Å². The summed E-state index contributed by atoms with van der Waals surface area (Å²) < 4.78 is 5.99. The molecule has 1 aromatic carbocycles. The minimum Gasteiger partial charge on any atom is -0.493 e. The monoisotopic (exact) mass is 276 g/mol. The number of hydrogen-bond acceptors (Lipinski definition) is 3. The minimum absolute atomic E-state index is 0.650. The van der Waals surface area contributed by atoms with Gasteiger partial charge in [0.15, 0.2) is 0 Å². The van der Waals surface area contributed by atoms with E-state index in [1.54, 1.807) is 6.20 Å². The Hall–Kier alpha value is -1.32. The Kier molecular flexibility index (Phi) is 3.85. The van der Waals surface area contributed by atoms with E-state index >= 15 is 0 Å². The lowest BCUT2D eigenvalue weighted by Gasteiger charge is -2.22. The van der Waals surface area contributed by atoms with Gasteiger partial charge in [-0.2, -0.15) is 0 Å². The zero-order valence-corrected chi connectivity index (χ0v) is 11.5. The van der Waals surface area contributed by atoms with Crippen LogP contribution in [-0.4, -0.2) is 24.7 Å². The fraction of sp³-hybridized carbons (Fsp3) is 0.400. The first-order valence-electron chi connectivity index (χ1n) is 6.71. The van der Waals surface area contributed by atoms with Crippen LogP contribution in [-0.2, 0) is 0 Å². The fourth-order valence-electron chi connectivity index (χ4n) is 2.48. The second kappa shape index (κ2) is 5.76. The maximum atomic E-state index is 5.99. The van der Waals surface area contributed by atoms with Crippen molar-refractivity contribution in [3.8, 4) is 5.75 Å². The van der Waals surface area contributed by atoms with Crippen molar-refractivity contribution in [3.63, 3.8) is 0 Å². The molecule has 4 heteroatoms. The molecule has 0 bridgehead atoms. The lowest BCUT2D eigenvalue weighted by atomic mass is 9.99. The summed E-state index contributed by atoms with van der Waals surface area (Å²) in [6.45, 7) is 2.98. The van der Waals surface area contributed by atoms with Crippen molar-refractivity contribution in [3.05, 3.63) is 35.5 Å². The van der Waals surface area contributed by atoms with Crippen molar-refractivity contribution in [1.82, 2.24) is 10.3 Å². The van der Waals surface area contributed by atoms with Crippen LogP contribution in [0.5, 0.6) is 5.75 Å². The topological polar surface area (TPSA) is 34.1 Å². The third-order valence-corrected chi connectivity index (χ3v) is 3.83. The number of aromatic nitrogens is 1. The van der Waals surface area contributed by atoms with Gasteiger partial charge >= 0.3 is 0 Å². The molecule has 3 nitrogen and oxygen atoms in total. The van der Waals surface area contributed by atoms with E-state index in [9.17, 15) is 0 Å². The number of nitrogens with zero attached hydrogens (tertiary/aromatic N) is 1. The van der Waals surface area contributed by atoms with Gasteiger partial charge in [0.1, 0.15) is 5.75 Å². The number of rotatable bonds is 3. The molecule has 0 aliphatic carbocycles. The summed E-state index contributed by atoms with van der Waals surface area (Å²) in [6, 6.07) is 7.65. The Bertz CT molecular complexity index is 567. The molecule has 1 aromatic heterocycles. The summed E-state index contributed by atoms with van der Waals surface area (Å²) in [5.41, 5.74) is 0.885. The van der Waals surface area contributed by atoms with Gasteiger partial charge in [-0.3, -0.25) is 4.98 Å². The second-order valence-corrected chi connectivity index (χ2v) is 5.41. The number of pyridine rings is 1. The van der Waals surface area contributed by atoms with Gasteiger partial charge in [0.05, 0.1) is 12.1 Å². The SMILES string of the molecule is Clc1ccc2c(OCC3CCNCC3)ccnc2c1. The van der Waals surface area contributed by atoms with Gasteiger partial charge in [0, 0.05) is 16.6 Å². The highest BCUT2D eigenvalue weighted by Crippen LogP contribution is 2.27. The first kappa shape index (κ1) is 12.7. The molecule has 0 radical (unpaired) electrons. The lowest BCUT2D eigenvalue weighted by molar-refractivity contribution is 0.217. The van der Waals surface area contributed by atoms with E-state index in [2.05, 4.69) is 10.3 Å². The summed E-state index contributed by atoms with van der Waals surface area (Å²) >= 11 is 5.98. The molecule has 2 heterocycles. The molecular weight excluding hydrogens is 260 g/mol. The Morgan fingerprint density at radius 3 is 2.95 bits per heavy atom. The van der Waals surface area contributed by atoms with Crippen LogP contribution in [0.1, 0.15) is 12.8 Å². The molecule has 1 saturated heterocycles. The van der Waals surface area contributed by atoms with Gasteiger partial charge in [-0.15, -0.1) is 0 Å². The van der Waals surface area contributed by atoms with Crippen molar-refractivity contribution in [2.75, 3.05) is 19.7 Å². The largest absolute Gasteiger partial charge is 0.493 e. The summed E-state index contributed by atoms with van der Waals surface area (Å²) in [5.74, 6) is 1.55. The third kappa shape index (κ3) is 2.99. The lowest BCUT2D eigenvalue weighted by Crippen LogP contribution is -2.30. The zero-order chi connectivity index (χ0) is 13.1. The van der Waals surface area contributed by atoms with E-state index in [1.807, 2.05) is 24.3 Å². The van der Waals surface area contributed by atoms with Crippen LogP contribution in [0.2, 0.25) is 5.02 Å². The molecule has 0 spiro atoms. The number of piperidine rings is 1. The van der Waals surface area contributed by atoms with Crippen LogP contribution in [0.15, 0.2) is 30.5 Å². The van der Waals surface area contributed by atoms with Crippen LogP contribution < -0.4 is 10.1 Å². The predicted molar refractivity (Wildman–Crippen MR) is 77.8 cm³/mol. The molecule has 0 amide bonds. The molecule has 0 saturated carbocycles. The average molecular weight is 277 g/mol. The highest BCUT2D eigenvalue weighted by atomic mass is 35.5. The summed E-state index contributed by atoms with van der Waals surface area (Å²) in [5, 5.41) is 5.10. The van der Waals surface area contributed by atoms with Crippen LogP contribution in [0.25, 0.3) is 10.9 Å². The van der Waals surface area contributed by atoms with Crippen LogP contribution in [0.3, 0.4) is 0 Å². The highest BCUT2D eigenvalue weighted by molar-refractivity contribution is 6.31. The average Bonchev–Trinajstić information content (AvgIpc) is 2.45. The number of fused-ring (bicyclic) bond motifs is 1. The minimum atomic E-state index is 0.650. The number of halogens is 1. The Labute approximate surface area is 117 Å². The molecule has 0 atom stereocenters.